The SMILES string of the molecule is CC1(c2ccccc2Cl)CCCCC1. The zero-order chi connectivity index (χ0) is 10.0. The summed E-state index contributed by atoms with van der Waals surface area (Å²) in [4.78, 5) is 0. The van der Waals surface area contributed by atoms with E-state index < -0.39 is 0 Å². The maximum Gasteiger partial charge on any atom is 0.0443 e. The van der Waals surface area contributed by atoms with Crippen LogP contribution in [0.3, 0.4) is 0 Å². The molecular formula is C13H17Cl. The van der Waals surface area contributed by atoms with Gasteiger partial charge in [0.2, 0.25) is 0 Å². The fourth-order valence-corrected chi connectivity index (χ4v) is 2.92. The van der Waals surface area contributed by atoms with Crippen LogP contribution in [0.15, 0.2) is 24.3 Å². The van der Waals surface area contributed by atoms with E-state index in [1.54, 1.807) is 0 Å². The molecule has 1 aromatic carbocycles. The van der Waals surface area contributed by atoms with Crippen molar-refractivity contribution in [1.29, 1.82) is 0 Å². The van der Waals surface area contributed by atoms with Gasteiger partial charge in [-0.05, 0) is 29.9 Å². The zero-order valence-corrected chi connectivity index (χ0v) is 9.48. The minimum absolute atomic E-state index is 0.330. The summed E-state index contributed by atoms with van der Waals surface area (Å²) >= 11 is 6.25. The van der Waals surface area contributed by atoms with Crippen molar-refractivity contribution in [2.45, 2.75) is 44.4 Å². The quantitative estimate of drug-likeness (QED) is 0.635. The minimum atomic E-state index is 0.330. The van der Waals surface area contributed by atoms with Crippen molar-refractivity contribution in [1.82, 2.24) is 0 Å². The highest BCUT2D eigenvalue weighted by atomic mass is 35.5. The van der Waals surface area contributed by atoms with Crippen LogP contribution in [0.2, 0.25) is 5.02 Å². The van der Waals surface area contributed by atoms with Gasteiger partial charge in [0.25, 0.3) is 0 Å². The number of hydrogen-bond donors (Lipinski definition) is 0. The van der Waals surface area contributed by atoms with Crippen molar-refractivity contribution < 1.29 is 0 Å². The lowest BCUT2D eigenvalue weighted by Gasteiger charge is -2.34. The van der Waals surface area contributed by atoms with E-state index in [4.69, 9.17) is 11.6 Å². The summed E-state index contributed by atoms with van der Waals surface area (Å²) in [7, 11) is 0. The predicted octanol–water partition coefficient (Wildman–Crippen LogP) is 4.56. The summed E-state index contributed by atoms with van der Waals surface area (Å²) in [6, 6.07) is 8.31. The molecule has 0 radical (unpaired) electrons. The average molecular weight is 209 g/mol. The molecule has 14 heavy (non-hydrogen) atoms. The third-order valence-electron chi connectivity index (χ3n) is 3.48. The van der Waals surface area contributed by atoms with E-state index in [-0.39, 0.29) is 0 Å². The molecule has 0 unspecified atom stereocenters. The summed E-state index contributed by atoms with van der Waals surface area (Å²) in [6.07, 6.45) is 6.66. The first-order valence-electron chi connectivity index (χ1n) is 5.47. The molecule has 1 aromatic rings. The van der Waals surface area contributed by atoms with Crippen molar-refractivity contribution in [3.63, 3.8) is 0 Å². The smallest absolute Gasteiger partial charge is 0.0443 e. The van der Waals surface area contributed by atoms with E-state index in [1.165, 1.54) is 37.7 Å². The molecule has 0 nitrogen and oxygen atoms in total. The van der Waals surface area contributed by atoms with Gasteiger partial charge >= 0.3 is 0 Å². The Bertz CT molecular complexity index is 311. The Morgan fingerprint density at radius 1 is 1.07 bits per heavy atom. The van der Waals surface area contributed by atoms with Gasteiger partial charge in [-0.2, -0.15) is 0 Å². The van der Waals surface area contributed by atoms with E-state index in [9.17, 15) is 0 Å². The second-order valence-electron chi connectivity index (χ2n) is 4.60. The Morgan fingerprint density at radius 2 is 1.71 bits per heavy atom. The van der Waals surface area contributed by atoms with Crippen LogP contribution in [-0.4, -0.2) is 0 Å². The van der Waals surface area contributed by atoms with Crippen LogP contribution in [0.5, 0.6) is 0 Å². The van der Waals surface area contributed by atoms with Crippen LogP contribution in [-0.2, 0) is 5.41 Å². The van der Waals surface area contributed by atoms with Gasteiger partial charge < -0.3 is 0 Å². The predicted molar refractivity (Wildman–Crippen MR) is 61.9 cm³/mol. The second-order valence-corrected chi connectivity index (χ2v) is 5.01. The van der Waals surface area contributed by atoms with Crippen LogP contribution >= 0.6 is 11.6 Å². The molecule has 0 amide bonds. The van der Waals surface area contributed by atoms with Crippen molar-refractivity contribution >= 4 is 11.6 Å². The highest BCUT2D eigenvalue weighted by Crippen LogP contribution is 2.41. The van der Waals surface area contributed by atoms with E-state index in [2.05, 4.69) is 19.1 Å². The van der Waals surface area contributed by atoms with Gasteiger partial charge in [0.1, 0.15) is 0 Å². The normalized spacial score (nSPS) is 20.7. The number of halogens is 1. The van der Waals surface area contributed by atoms with Crippen LogP contribution in [0.25, 0.3) is 0 Å². The van der Waals surface area contributed by atoms with Crippen LogP contribution in [0.1, 0.15) is 44.6 Å². The molecule has 0 saturated heterocycles. The van der Waals surface area contributed by atoms with Crippen molar-refractivity contribution in [3.8, 4) is 0 Å². The molecule has 1 aliphatic carbocycles. The van der Waals surface area contributed by atoms with E-state index in [1.807, 2.05) is 12.1 Å². The average Bonchev–Trinajstić information content (AvgIpc) is 2.19. The van der Waals surface area contributed by atoms with Crippen molar-refractivity contribution in [3.05, 3.63) is 34.9 Å². The monoisotopic (exact) mass is 208 g/mol. The van der Waals surface area contributed by atoms with Gasteiger partial charge in [0, 0.05) is 5.02 Å². The number of benzene rings is 1. The lowest BCUT2D eigenvalue weighted by atomic mass is 9.71. The third kappa shape index (κ3) is 1.81. The third-order valence-corrected chi connectivity index (χ3v) is 3.81. The summed E-state index contributed by atoms with van der Waals surface area (Å²) < 4.78 is 0. The van der Waals surface area contributed by atoms with Gasteiger partial charge in [-0.25, -0.2) is 0 Å². The summed E-state index contributed by atoms with van der Waals surface area (Å²) in [5, 5.41) is 0.942. The van der Waals surface area contributed by atoms with Gasteiger partial charge in [-0.3, -0.25) is 0 Å². The van der Waals surface area contributed by atoms with Crippen LogP contribution < -0.4 is 0 Å². The molecule has 0 N–H and O–H groups in total. The topological polar surface area (TPSA) is 0 Å². The molecule has 0 aromatic heterocycles. The molecular weight excluding hydrogens is 192 g/mol. The maximum absolute atomic E-state index is 6.25. The van der Waals surface area contributed by atoms with Crippen LogP contribution in [0, 0.1) is 0 Å². The molecule has 1 aliphatic rings. The van der Waals surface area contributed by atoms with E-state index in [0.717, 1.165) is 5.02 Å². The Kier molecular flexibility index (Phi) is 2.83. The molecule has 0 bridgehead atoms. The highest BCUT2D eigenvalue weighted by Gasteiger charge is 2.29. The Hall–Kier alpha value is -0.490. The van der Waals surface area contributed by atoms with Gasteiger partial charge in [0.15, 0.2) is 0 Å². The van der Waals surface area contributed by atoms with Gasteiger partial charge in [0.05, 0.1) is 0 Å². The fraction of sp³-hybridized carbons (Fsp3) is 0.538. The first kappa shape index (κ1) is 10.0. The molecule has 0 heterocycles. The van der Waals surface area contributed by atoms with Crippen molar-refractivity contribution in [2.24, 2.45) is 0 Å². The Morgan fingerprint density at radius 3 is 2.36 bits per heavy atom. The molecule has 0 aliphatic heterocycles. The zero-order valence-electron chi connectivity index (χ0n) is 8.72. The summed E-state index contributed by atoms with van der Waals surface area (Å²) in [5.74, 6) is 0. The van der Waals surface area contributed by atoms with Crippen LogP contribution in [0.4, 0.5) is 0 Å². The number of hydrogen-bond acceptors (Lipinski definition) is 0. The standard InChI is InChI=1S/C13H17Cl/c1-13(9-5-2-6-10-13)11-7-3-4-8-12(11)14/h3-4,7-8H,2,5-6,9-10H2,1H3. The first-order valence-corrected chi connectivity index (χ1v) is 5.85. The van der Waals surface area contributed by atoms with Gasteiger partial charge in [-0.15, -0.1) is 0 Å². The maximum atomic E-state index is 6.25. The molecule has 1 saturated carbocycles. The fourth-order valence-electron chi connectivity index (χ4n) is 2.55. The summed E-state index contributed by atoms with van der Waals surface area (Å²) in [5.41, 5.74) is 1.68. The van der Waals surface area contributed by atoms with Crippen molar-refractivity contribution in [2.75, 3.05) is 0 Å². The minimum Gasteiger partial charge on any atom is -0.0840 e. The largest absolute Gasteiger partial charge is 0.0840 e. The molecule has 1 heteroatoms. The van der Waals surface area contributed by atoms with E-state index in [0.29, 0.717) is 5.41 Å². The lowest BCUT2D eigenvalue weighted by Crippen LogP contribution is -2.25. The molecule has 0 spiro atoms. The van der Waals surface area contributed by atoms with E-state index >= 15 is 0 Å². The summed E-state index contributed by atoms with van der Waals surface area (Å²) in [6.45, 7) is 2.35. The Labute approximate surface area is 91.3 Å². The molecule has 76 valence electrons. The lowest BCUT2D eigenvalue weighted by molar-refractivity contribution is 0.320. The number of rotatable bonds is 1. The molecule has 0 atom stereocenters. The first-order chi connectivity index (χ1) is 6.72. The molecule has 1 fully saturated rings. The molecule has 2 rings (SSSR count). The second kappa shape index (κ2) is 3.94. The highest BCUT2D eigenvalue weighted by molar-refractivity contribution is 6.31. The van der Waals surface area contributed by atoms with Gasteiger partial charge in [-0.1, -0.05) is 56.0 Å². The Balaban J connectivity index is 2.32.